The number of fused-ring (bicyclic) bond motifs is 2. The Bertz CT molecular complexity index is 1280. The molecule has 0 aliphatic carbocycles. The van der Waals surface area contributed by atoms with Crippen molar-refractivity contribution in [1.29, 1.82) is 5.41 Å². The highest BCUT2D eigenvalue weighted by Gasteiger charge is 2.22. The topological polar surface area (TPSA) is 114 Å². The summed E-state index contributed by atoms with van der Waals surface area (Å²) in [5.74, 6) is 3.00. The minimum Gasteiger partial charge on any atom is -0.493 e. The van der Waals surface area contributed by atoms with E-state index in [9.17, 15) is 0 Å². The summed E-state index contributed by atoms with van der Waals surface area (Å²) >= 11 is 0. The Morgan fingerprint density at radius 3 is 2.82 bits per heavy atom. The normalized spacial score (nSPS) is 14.8. The smallest absolute Gasteiger partial charge is 0.248 e. The maximum atomic E-state index is 7.54. The second kappa shape index (κ2) is 12.1. The van der Waals surface area contributed by atoms with E-state index in [1.165, 1.54) is 12.5 Å². The van der Waals surface area contributed by atoms with Crippen molar-refractivity contribution in [1.82, 2.24) is 14.9 Å². The summed E-state index contributed by atoms with van der Waals surface area (Å²) in [5.41, 5.74) is 4.49. The monoisotopic (exact) mass is 518 g/mol. The fraction of sp³-hybridized carbons (Fsp3) is 0.393. The van der Waals surface area contributed by atoms with Gasteiger partial charge < -0.3 is 35.0 Å². The van der Waals surface area contributed by atoms with Crippen molar-refractivity contribution in [2.24, 2.45) is 0 Å². The van der Waals surface area contributed by atoms with Gasteiger partial charge in [-0.3, -0.25) is 4.90 Å². The molecule has 2 aliphatic rings. The Kier molecular flexibility index (Phi) is 8.20. The number of aromatic nitrogens is 2. The average Bonchev–Trinajstić information content (AvgIpc) is 3.15. The van der Waals surface area contributed by atoms with Crippen LogP contribution in [0.3, 0.4) is 0 Å². The molecule has 3 heterocycles. The molecule has 0 unspecified atom stereocenters. The summed E-state index contributed by atoms with van der Waals surface area (Å²) in [5, 5.41) is 14.4. The van der Waals surface area contributed by atoms with Gasteiger partial charge in [0.15, 0.2) is 17.3 Å². The number of nitrogens with one attached hydrogen (secondary N) is 3. The molecule has 1 fully saturated rings. The van der Waals surface area contributed by atoms with Crippen LogP contribution in [0.4, 0.5) is 17.2 Å². The van der Waals surface area contributed by atoms with Crippen LogP contribution in [-0.4, -0.2) is 67.6 Å². The Labute approximate surface area is 222 Å². The van der Waals surface area contributed by atoms with Gasteiger partial charge in [0.05, 0.1) is 26.9 Å². The van der Waals surface area contributed by atoms with Gasteiger partial charge in [-0.15, -0.1) is 0 Å². The van der Waals surface area contributed by atoms with E-state index in [1.807, 2.05) is 30.3 Å². The van der Waals surface area contributed by atoms with Gasteiger partial charge >= 0.3 is 0 Å². The van der Waals surface area contributed by atoms with E-state index < -0.39 is 0 Å². The van der Waals surface area contributed by atoms with Crippen LogP contribution in [0.5, 0.6) is 23.1 Å². The van der Waals surface area contributed by atoms with Crippen LogP contribution in [0.1, 0.15) is 30.0 Å². The summed E-state index contributed by atoms with van der Waals surface area (Å²) < 4.78 is 23.4. The number of rotatable bonds is 10. The van der Waals surface area contributed by atoms with E-state index in [-0.39, 0.29) is 0 Å². The minimum absolute atomic E-state index is 0.427. The number of methoxy groups -OCH3 is 1. The molecule has 3 aromatic rings. The van der Waals surface area contributed by atoms with E-state index in [0.29, 0.717) is 47.8 Å². The van der Waals surface area contributed by atoms with E-state index in [2.05, 4.69) is 32.4 Å². The van der Waals surface area contributed by atoms with E-state index in [1.54, 1.807) is 7.11 Å². The number of nitrogens with zero attached hydrogens (tertiary/aromatic N) is 3. The van der Waals surface area contributed by atoms with Crippen LogP contribution in [0.25, 0.3) is 0 Å². The Morgan fingerprint density at radius 2 is 2.03 bits per heavy atom. The van der Waals surface area contributed by atoms with E-state index in [4.69, 9.17) is 24.4 Å². The first-order chi connectivity index (χ1) is 18.7. The predicted octanol–water partition coefficient (Wildman–Crippen LogP) is 4.61. The molecule has 1 aromatic heterocycles. The molecule has 5 rings (SSSR count). The molecule has 0 spiro atoms. The summed E-state index contributed by atoms with van der Waals surface area (Å²) in [6.45, 7) is 7.71. The fourth-order valence-corrected chi connectivity index (χ4v) is 4.62. The molecular formula is C28H34N6O4. The second-order valence-electron chi connectivity index (χ2n) is 9.16. The number of morpholine rings is 1. The number of hydrogen-bond acceptors (Lipinski definition) is 10. The lowest BCUT2D eigenvalue weighted by Gasteiger charge is -2.26. The quantitative estimate of drug-likeness (QED) is 0.262. The lowest BCUT2D eigenvalue weighted by molar-refractivity contribution is 0.0357. The van der Waals surface area contributed by atoms with Gasteiger partial charge in [0.2, 0.25) is 5.88 Å². The Morgan fingerprint density at radius 1 is 1.16 bits per heavy atom. The zero-order chi connectivity index (χ0) is 26.3. The lowest BCUT2D eigenvalue weighted by atomic mass is 10.1. The highest BCUT2D eigenvalue weighted by molar-refractivity contribution is 5.81. The van der Waals surface area contributed by atoms with Crippen molar-refractivity contribution in [2.45, 2.75) is 26.3 Å². The van der Waals surface area contributed by atoms with Crippen LogP contribution >= 0.6 is 0 Å². The molecule has 200 valence electrons. The van der Waals surface area contributed by atoms with Gasteiger partial charge in [0.1, 0.15) is 17.8 Å². The third kappa shape index (κ3) is 5.81. The molecule has 1 saturated heterocycles. The number of benzene rings is 2. The van der Waals surface area contributed by atoms with Crippen LogP contribution in [-0.2, 0) is 17.7 Å². The molecule has 0 bridgehead atoms. The molecule has 0 radical (unpaired) electrons. The van der Waals surface area contributed by atoms with Crippen LogP contribution < -0.4 is 24.8 Å². The fourth-order valence-electron chi connectivity index (χ4n) is 4.62. The first kappa shape index (κ1) is 25.7. The Hall–Kier alpha value is -3.89. The van der Waals surface area contributed by atoms with Crippen LogP contribution in [0.2, 0.25) is 0 Å². The van der Waals surface area contributed by atoms with Crippen LogP contribution in [0.15, 0.2) is 36.7 Å². The van der Waals surface area contributed by atoms with Crippen molar-refractivity contribution in [3.05, 3.63) is 53.3 Å². The summed E-state index contributed by atoms with van der Waals surface area (Å²) in [7, 11) is 1.63. The van der Waals surface area contributed by atoms with Crippen molar-refractivity contribution < 1.29 is 18.9 Å². The third-order valence-electron chi connectivity index (χ3n) is 6.73. The first-order valence-electron chi connectivity index (χ1n) is 13.0. The zero-order valence-corrected chi connectivity index (χ0v) is 21.9. The standard InChI is InChI=1S/C28H34N6O4/c1-3-20-13-19(16-29)5-6-22(20)33-27-26-28(32-18-31-27)38-23-15-24(35-2)25(14-21(23)17-30-26)37-10-4-7-34-8-11-36-12-9-34/h5-6,13-16,18,29-30H,3-4,7-12,17H2,1-2H3,(H,31,32,33). The van der Waals surface area contributed by atoms with Crippen molar-refractivity contribution in [3.63, 3.8) is 0 Å². The van der Waals surface area contributed by atoms with Gasteiger partial charge in [-0.1, -0.05) is 13.0 Å². The van der Waals surface area contributed by atoms with Gasteiger partial charge in [-0.05, 0) is 42.2 Å². The molecule has 2 aliphatic heterocycles. The number of hydrogen-bond donors (Lipinski definition) is 3. The lowest BCUT2D eigenvalue weighted by Crippen LogP contribution is -2.37. The van der Waals surface area contributed by atoms with Gasteiger partial charge in [-0.2, -0.15) is 4.98 Å². The summed E-state index contributed by atoms with van der Waals surface area (Å²) in [6.07, 6.45) is 4.57. The van der Waals surface area contributed by atoms with E-state index in [0.717, 1.165) is 68.1 Å². The third-order valence-corrected chi connectivity index (χ3v) is 6.73. The average molecular weight is 519 g/mol. The number of ether oxygens (including phenoxy) is 4. The van der Waals surface area contributed by atoms with Gasteiger partial charge in [0, 0.05) is 49.7 Å². The van der Waals surface area contributed by atoms with Crippen molar-refractivity contribution in [3.8, 4) is 23.1 Å². The highest BCUT2D eigenvalue weighted by atomic mass is 16.5. The molecule has 38 heavy (non-hydrogen) atoms. The molecule has 0 saturated carbocycles. The maximum absolute atomic E-state index is 7.54. The van der Waals surface area contributed by atoms with Crippen molar-refractivity contribution >= 4 is 23.4 Å². The number of aryl methyl sites for hydroxylation is 1. The SMILES string of the molecule is CCc1cc(C=N)ccc1Nc1ncnc2c1NCc1cc(OCCCN3CCOCC3)c(OC)cc1O2. The van der Waals surface area contributed by atoms with E-state index >= 15 is 0 Å². The molecule has 0 atom stereocenters. The summed E-state index contributed by atoms with van der Waals surface area (Å²) in [6, 6.07) is 9.69. The zero-order valence-electron chi connectivity index (χ0n) is 21.9. The molecule has 2 aromatic carbocycles. The molecule has 3 N–H and O–H groups in total. The second-order valence-corrected chi connectivity index (χ2v) is 9.16. The van der Waals surface area contributed by atoms with Crippen molar-refractivity contribution in [2.75, 3.05) is 57.2 Å². The molecular weight excluding hydrogens is 484 g/mol. The van der Waals surface area contributed by atoms with Crippen LogP contribution in [0, 0.1) is 5.41 Å². The molecule has 10 heteroatoms. The Balaban J connectivity index is 1.31. The largest absolute Gasteiger partial charge is 0.493 e. The molecule has 0 amide bonds. The van der Waals surface area contributed by atoms with Gasteiger partial charge in [-0.25, -0.2) is 4.98 Å². The minimum atomic E-state index is 0.427. The number of anilines is 3. The molecule has 10 nitrogen and oxygen atoms in total. The predicted molar refractivity (Wildman–Crippen MR) is 147 cm³/mol. The summed E-state index contributed by atoms with van der Waals surface area (Å²) in [4.78, 5) is 11.3. The first-order valence-corrected chi connectivity index (χ1v) is 13.0. The van der Waals surface area contributed by atoms with Gasteiger partial charge in [0.25, 0.3) is 0 Å². The highest BCUT2D eigenvalue weighted by Crippen LogP contribution is 2.42. The maximum Gasteiger partial charge on any atom is 0.248 e.